The molecular formula is C20H19NO5. The average Bonchev–Trinajstić information content (AvgIpc) is 2.65. The Bertz CT molecular complexity index is 838. The highest BCUT2D eigenvalue weighted by Crippen LogP contribution is 2.39. The number of esters is 1. The average molecular weight is 353 g/mol. The normalized spacial score (nSPS) is 10.7. The SMILES string of the molecule is COc1cc(/C=C(\C#N)c2ccc(OC(C)=O)cc2)cc(OC)c1OC. The van der Waals surface area contributed by atoms with Gasteiger partial charge < -0.3 is 18.9 Å². The third-order valence-electron chi connectivity index (χ3n) is 3.55. The van der Waals surface area contributed by atoms with E-state index in [-0.39, 0.29) is 0 Å². The van der Waals surface area contributed by atoms with Crippen molar-refractivity contribution in [1.29, 1.82) is 5.26 Å². The lowest BCUT2D eigenvalue weighted by Gasteiger charge is -2.13. The van der Waals surface area contributed by atoms with Gasteiger partial charge in [0, 0.05) is 6.92 Å². The molecule has 6 nitrogen and oxygen atoms in total. The van der Waals surface area contributed by atoms with Crippen molar-refractivity contribution in [2.24, 2.45) is 0 Å². The maximum Gasteiger partial charge on any atom is 0.308 e. The monoisotopic (exact) mass is 353 g/mol. The third kappa shape index (κ3) is 4.33. The summed E-state index contributed by atoms with van der Waals surface area (Å²) in [4.78, 5) is 11.0. The molecule has 134 valence electrons. The Labute approximate surface area is 152 Å². The molecule has 0 spiro atoms. The number of carbonyl (C=O) groups excluding carboxylic acids is 1. The highest BCUT2D eigenvalue weighted by molar-refractivity contribution is 5.90. The minimum absolute atomic E-state index is 0.397. The molecule has 0 radical (unpaired) electrons. The van der Waals surface area contributed by atoms with E-state index < -0.39 is 5.97 Å². The standard InChI is InChI=1S/C20H19NO5/c1-13(22)26-17-7-5-15(6-8-17)16(12-21)9-14-10-18(23-2)20(25-4)19(11-14)24-3/h5-11H,1-4H3/b16-9+. The van der Waals surface area contributed by atoms with Crippen molar-refractivity contribution in [1.82, 2.24) is 0 Å². The molecule has 2 rings (SSSR count). The van der Waals surface area contributed by atoms with Gasteiger partial charge in [-0.1, -0.05) is 0 Å². The molecule has 2 aromatic carbocycles. The molecule has 0 N–H and O–H groups in total. The van der Waals surface area contributed by atoms with Gasteiger partial charge in [0.2, 0.25) is 5.75 Å². The highest BCUT2D eigenvalue weighted by atomic mass is 16.5. The van der Waals surface area contributed by atoms with Gasteiger partial charge in [0.25, 0.3) is 0 Å². The Balaban J connectivity index is 2.42. The first-order valence-electron chi connectivity index (χ1n) is 7.73. The van der Waals surface area contributed by atoms with E-state index in [4.69, 9.17) is 18.9 Å². The zero-order valence-electron chi connectivity index (χ0n) is 15.0. The van der Waals surface area contributed by atoms with E-state index in [9.17, 15) is 10.1 Å². The second-order valence-corrected chi connectivity index (χ2v) is 5.25. The maximum atomic E-state index is 11.0. The smallest absolute Gasteiger partial charge is 0.308 e. The molecule has 0 unspecified atom stereocenters. The van der Waals surface area contributed by atoms with Crippen LogP contribution in [0, 0.1) is 11.3 Å². The molecule has 0 heterocycles. The summed E-state index contributed by atoms with van der Waals surface area (Å²) in [5.74, 6) is 1.51. The molecule has 6 heteroatoms. The maximum absolute atomic E-state index is 11.0. The van der Waals surface area contributed by atoms with Crippen molar-refractivity contribution in [3.8, 4) is 29.1 Å². The van der Waals surface area contributed by atoms with Crippen molar-refractivity contribution in [3.63, 3.8) is 0 Å². The zero-order chi connectivity index (χ0) is 19.1. The Kier molecular flexibility index (Phi) is 6.23. The third-order valence-corrected chi connectivity index (χ3v) is 3.55. The van der Waals surface area contributed by atoms with Crippen LogP contribution in [0.4, 0.5) is 0 Å². The minimum Gasteiger partial charge on any atom is -0.493 e. The summed E-state index contributed by atoms with van der Waals surface area (Å²) < 4.78 is 21.0. The van der Waals surface area contributed by atoms with Gasteiger partial charge in [-0.25, -0.2) is 0 Å². The van der Waals surface area contributed by atoms with Gasteiger partial charge in [0.15, 0.2) is 11.5 Å². The van der Waals surface area contributed by atoms with Gasteiger partial charge in [-0.2, -0.15) is 5.26 Å². The van der Waals surface area contributed by atoms with Crippen LogP contribution in [0.3, 0.4) is 0 Å². The van der Waals surface area contributed by atoms with E-state index in [1.165, 1.54) is 28.3 Å². The van der Waals surface area contributed by atoms with E-state index in [0.29, 0.717) is 34.1 Å². The number of hydrogen-bond donors (Lipinski definition) is 0. The van der Waals surface area contributed by atoms with E-state index in [1.807, 2.05) is 0 Å². The first-order chi connectivity index (χ1) is 12.5. The molecule has 0 aliphatic heterocycles. The lowest BCUT2D eigenvalue weighted by atomic mass is 10.0. The summed E-state index contributed by atoms with van der Waals surface area (Å²) >= 11 is 0. The van der Waals surface area contributed by atoms with Crippen molar-refractivity contribution in [3.05, 3.63) is 47.5 Å². The molecule has 0 bridgehead atoms. The predicted molar refractivity (Wildman–Crippen MR) is 97.3 cm³/mol. The molecule has 26 heavy (non-hydrogen) atoms. The van der Waals surface area contributed by atoms with E-state index in [1.54, 1.807) is 42.5 Å². The van der Waals surface area contributed by atoms with E-state index in [0.717, 1.165) is 5.56 Å². The number of hydrogen-bond acceptors (Lipinski definition) is 6. The summed E-state index contributed by atoms with van der Waals surface area (Å²) in [6.07, 6.45) is 1.71. The largest absolute Gasteiger partial charge is 0.493 e. The predicted octanol–water partition coefficient (Wildman–Crippen LogP) is 3.70. The second kappa shape index (κ2) is 8.58. The fraction of sp³-hybridized carbons (Fsp3) is 0.200. The molecule has 0 atom stereocenters. The topological polar surface area (TPSA) is 77.8 Å². The molecule has 0 saturated carbocycles. The molecule has 0 fully saturated rings. The molecule has 0 aliphatic carbocycles. The van der Waals surface area contributed by atoms with Crippen LogP contribution < -0.4 is 18.9 Å². The van der Waals surface area contributed by atoms with Crippen LogP contribution in [0.15, 0.2) is 36.4 Å². The van der Waals surface area contributed by atoms with Crippen LogP contribution in [0.1, 0.15) is 18.1 Å². The number of allylic oxidation sites excluding steroid dienone is 1. The molecule has 0 saturated heterocycles. The number of carbonyl (C=O) groups is 1. The van der Waals surface area contributed by atoms with Crippen LogP contribution in [0.25, 0.3) is 11.6 Å². The number of rotatable bonds is 6. The fourth-order valence-electron chi connectivity index (χ4n) is 2.40. The van der Waals surface area contributed by atoms with Crippen LogP contribution in [0.5, 0.6) is 23.0 Å². The van der Waals surface area contributed by atoms with Gasteiger partial charge in [-0.05, 0) is 53.6 Å². The van der Waals surface area contributed by atoms with Gasteiger partial charge in [-0.15, -0.1) is 0 Å². The number of methoxy groups -OCH3 is 3. The Hall–Kier alpha value is -3.46. The summed E-state index contributed by atoms with van der Waals surface area (Å²) in [6, 6.07) is 12.4. The highest BCUT2D eigenvalue weighted by Gasteiger charge is 2.13. The number of benzene rings is 2. The quantitative estimate of drug-likeness (QED) is 0.341. The van der Waals surface area contributed by atoms with Crippen molar-refractivity contribution >= 4 is 17.6 Å². The van der Waals surface area contributed by atoms with Crippen LogP contribution in [0.2, 0.25) is 0 Å². The number of nitrogens with zero attached hydrogens (tertiary/aromatic N) is 1. The first-order valence-corrected chi connectivity index (χ1v) is 7.73. The van der Waals surface area contributed by atoms with E-state index >= 15 is 0 Å². The molecular weight excluding hydrogens is 334 g/mol. The summed E-state index contributed by atoms with van der Waals surface area (Å²) in [7, 11) is 4.59. The first kappa shape index (κ1) is 18.9. The van der Waals surface area contributed by atoms with E-state index in [2.05, 4.69) is 6.07 Å². The van der Waals surface area contributed by atoms with Crippen LogP contribution >= 0.6 is 0 Å². The van der Waals surface area contributed by atoms with Gasteiger partial charge >= 0.3 is 5.97 Å². The second-order valence-electron chi connectivity index (χ2n) is 5.25. The van der Waals surface area contributed by atoms with Crippen LogP contribution in [-0.2, 0) is 4.79 Å². The van der Waals surface area contributed by atoms with Gasteiger partial charge in [0.05, 0.1) is 33.0 Å². The van der Waals surface area contributed by atoms with Crippen molar-refractivity contribution < 1.29 is 23.7 Å². The summed E-state index contributed by atoms with van der Waals surface area (Å²) in [6.45, 7) is 1.33. The molecule has 0 aromatic heterocycles. The zero-order valence-corrected chi connectivity index (χ0v) is 15.0. The van der Waals surface area contributed by atoms with Gasteiger partial charge in [-0.3, -0.25) is 4.79 Å². The lowest BCUT2D eigenvalue weighted by Crippen LogP contribution is -2.01. The number of ether oxygens (including phenoxy) is 4. The number of nitriles is 1. The molecule has 2 aromatic rings. The summed E-state index contributed by atoms with van der Waals surface area (Å²) in [5.41, 5.74) is 1.85. The Morgan fingerprint density at radius 1 is 1.00 bits per heavy atom. The Morgan fingerprint density at radius 2 is 1.58 bits per heavy atom. The van der Waals surface area contributed by atoms with Crippen molar-refractivity contribution in [2.45, 2.75) is 6.92 Å². The molecule has 0 aliphatic rings. The fourth-order valence-corrected chi connectivity index (χ4v) is 2.40. The minimum atomic E-state index is -0.397. The van der Waals surface area contributed by atoms with Crippen LogP contribution in [-0.4, -0.2) is 27.3 Å². The van der Waals surface area contributed by atoms with Crippen molar-refractivity contribution in [2.75, 3.05) is 21.3 Å². The summed E-state index contributed by atoms with van der Waals surface area (Å²) in [5, 5.41) is 9.52. The lowest BCUT2D eigenvalue weighted by molar-refractivity contribution is -0.131. The Morgan fingerprint density at radius 3 is 2.00 bits per heavy atom. The molecule has 0 amide bonds. The van der Waals surface area contributed by atoms with Gasteiger partial charge in [0.1, 0.15) is 5.75 Å².